The Balaban J connectivity index is 1.45. The number of para-hydroxylation sites is 2. The van der Waals surface area contributed by atoms with Crippen molar-refractivity contribution in [1.29, 1.82) is 0 Å². The molecule has 1 N–H and O–H groups in total. The van der Waals surface area contributed by atoms with Gasteiger partial charge in [0, 0.05) is 51.2 Å². The van der Waals surface area contributed by atoms with Crippen LogP contribution in [0.5, 0.6) is 5.75 Å². The van der Waals surface area contributed by atoms with Crippen LogP contribution < -0.4 is 24.9 Å². The highest BCUT2D eigenvalue weighted by Gasteiger charge is 2.28. The largest absolute Gasteiger partial charge is 0.497 e. The molecular formula is C31H30ClFN4O5. The molecule has 4 aromatic rings. The molecule has 9 nitrogen and oxygen atoms in total. The number of aromatic carboxylic acids is 1. The van der Waals surface area contributed by atoms with E-state index in [4.69, 9.17) is 21.1 Å². The Morgan fingerprint density at radius 3 is 2.21 bits per heavy atom. The van der Waals surface area contributed by atoms with Crippen molar-refractivity contribution in [1.82, 2.24) is 4.57 Å². The number of methoxy groups -OCH3 is 1. The molecule has 0 radical (unpaired) electrons. The van der Waals surface area contributed by atoms with Gasteiger partial charge in [-0.05, 0) is 42.5 Å². The number of rotatable bonds is 6. The van der Waals surface area contributed by atoms with Gasteiger partial charge in [-0.2, -0.15) is 0 Å². The summed E-state index contributed by atoms with van der Waals surface area (Å²) in [6, 6.07) is 16.4. The van der Waals surface area contributed by atoms with Crippen molar-refractivity contribution in [2.24, 2.45) is 0 Å². The summed E-state index contributed by atoms with van der Waals surface area (Å²) >= 11 is 7.01. The second-order valence-corrected chi connectivity index (χ2v) is 10.6. The lowest BCUT2D eigenvalue weighted by atomic mass is 10.1. The standard InChI is InChI=1S/C31H30ClFN4O5/c1-41-21-8-6-20(7-9-21)34-10-12-36(13-11-34)29-24(33)18-22-28(27(29)32)37(19-23(30(22)38)31(39)40)26-5-3-2-4-25(26)35-14-16-42-17-15-35/h2-9,18-19H,10-17H2,1H3,(H,39,40). The third-order valence-corrected chi connectivity index (χ3v) is 8.27. The molecule has 0 bridgehead atoms. The number of anilines is 3. The Morgan fingerprint density at radius 1 is 0.929 bits per heavy atom. The van der Waals surface area contributed by atoms with E-state index in [1.165, 1.54) is 6.20 Å². The number of ether oxygens (including phenoxy) is 2. The Kier molecular flexibility index (Phi) is 7.66. The van der Waals surface area contributed by atoms with Gasteiger partial charge in [0.2, 0.25) is 5.43 Å². The van der Waals surface area contributed by atoms with E-state index >= 15 is 4.39 Å². The molecule has 0 spiro atoms. The molecule has 0 unspecified atom stereocenters. The van der Waals surface area contributed by atoms with E-state index < -0.39 is 22.8 Å². The fourth-order valence-corrected chi connectivity index (χ4v) is 6.16. The Bertz CT molecular complexity index is 1700. The number of piperazine rings is 1. The van der Waals surface area contributed by atoms with Crippen molar-refractivity contribution in [3.63, 3.8) is 0 Å². The summed E-state index contributed by atoms with van der Waals surface area (Å²) in [5.74, 6) is -1.29. The zero-order valence-corrected chi connectivity index (χ0v) is 23.8. The summed E-state index contributed by atoms with van der Waals surface area (Å²) in [6.07, 6.45) is 1.29. The molecule has 0 atom stereocenters. The van der Waals surface area contributed by atoms with Crippen LogP contribution in [-0.4, -0.2) is 75.2 Å². The van der Waals surface area contributed by atoms with Gasteiger partial charge in [0.1, 0.15) is 17.1 Å². The van der Waals surface area contributed by atoms with E-state index in [1.54, 1.807) is 11.7 Å². The van der Waals surface area contributed by atoms with Gasteiger partial charge >= 0.3 is 5.97 Å². The molecule has 6 rings (SSSR count). The highest BCUT2D eigenvalue weighted by atomic mass is 35.5. The molecule has 218 valence electrons. The van der Waals surface area contributed by atoms with E-state index in [9.17, 15) is 14.7 Å². The molecule has 2 saturated heterocycles. The lowest BCUT2D eigenvalue weighted by Gasteiger charge is -2.38. The van der Waals surface area contributed by atoms with Crippen LogP contribution in [0.15, 0.2) is 65.6 Å². The molecule has 2 aliphatic heterocycles. The summed E-state index contributed by atoms with van der Waals surface area (Å²) in [7, 11) is 1.62. The molecule has 0 saturated carbocycles. The van der Waals surface area contributed by atoms with E-state index in [1.807, 2.05) is 53.4 Å². The van der Waals surface area contributed by atoms with Crippen LogP contribution in [0.4, 0.5) is 21.5 Å². The van der Waals surface area contributed by atoms with Gasteiger partial charge < -0.3 is 33.8 Å². The van der Waals surface area contributed by atoms with Crippen LogP contribution in [-0.2, 0) is 4.74 Å². The number of halogens is 2. The fourth-order valence-electron chi connectivity index (χ4n) is 5.76. The average molecular weight is 593 g/mol. The predicted octanol–water partition coefficient (Wildman–Crippen LogP) is 4.65. The lowest BCUT2D eigenvalue weighted by Crippen LogP contribution is -2.47. The van der Waals surface area contributed by atoms with E-state index in [2.05, 4.69) is 9.80 Å². The van der Waals surface area contributed by atoms with Crippen LogP contribution in [0.1, 0.15) is 10.4 Å². The second-order valence-electron chi connectivity index (χ2n) is 10.2. The van der Waals surface area contributed by atoms with Crippen molar-refractivity contribution in [2.45, 2.75) is 0 Å². The topological polar surface area (TPSA) is 87.5 Å². The summed E-state index contributed by atoms with van der Waals surface area (Å²) < 4.78 is 28.2. The molecule has 11 heteroatoms. The first-order valence-corrected chi connectivity index (χ1v) is 14.1. The number of morpholine rings is 1. The van der Waals surface area contributed by atoms with Crippen LogP contribution in [0.25, 0.3) is 16.6 Å². The number of benzene rings is 3. The fraction of sp³-hybridized carbons (Fsp3) is 0.290. The SMILES string of the molecule is COc1ccc(N2CCN(c3c(F)cc4c(=O)c(C(=O)O)cn(-c5ccccc5N5CCOCC5)c4c3Cl)CC2)cc1. The molecule has 2 fully saturated rings. The highest BCUT2D eigenvalue weighted by Crippen LogP contribution is 2.39. The van der Waals surface area contributed by atoms with Crippen LogP contribution >= 0.6 is 11.6 Å². The molecule has 42 heavy (non-hydrogen) atoms. The number of fused-ring (bicyclic) bond motifs is 1. The first kappa shape index (κ1) is 27.9. The van der Waals surface area contributed by atoms with Gasteiger partial charge in [-0.3, -0.25) is 4.79 Å². The molecule has 1 aromatic heterocycles. The summed E-state index contributed by atoms with van der Waals surface area (Å²) in [4.78, 5) is 31.6. The maximum absolute atomic E-state index is 15.8. The molecule has 3 heterocycles. The van der Waals surface area contributed by atoms with Crippen LogP contribution in [0.3, 0.4) is 0 Å². The van der Waals surface area contributed by atoms with Gasteiger partial charge in [-0.25, -0.2) is 9.18 Å². The van der Waals surface area contributed by atoms with Gasteiger partial charge in [-0.1, -0.05) is 23.7 Å². The third-order valence-electron chi connectivity index (χ3n) is 7.91. The van der Waals surface area contributed by atoms with E-state index in [0.717, 1.165) is 23.2 Å². The minimum atomic E-state index is -1.39. The number of hydrogen-bond acceptors (Lipinski definition) is 7. The summed E-state index contributed by atoms with van der Waals surface area (Å²) in [5, 5.41) is 9.85. The number of nitrogens with zero attached hydrogens (tertiary/aromatic N) is 4. The Morgan fingerprint density at radius 2 is 1.57 bits per heavy atom. The van der Waals surface area contributed by atoms with Crippen molar-refractivity contribution < 1.29 is 23.8 Å². The van der Waals surface area contributed by atoms with Crippen molar-refractivity contribution >= 4 is 45.5 Å². The zero-order chi connectivity index (χ0) is 29.4. The first-order chi connectivity index (χ1) is 20.4. The van der Waals surface area contributed by atoms with Gasteiger partial charge in [-0.15, -0.1) is 0 Å². The zero-order valence-electron chi connectivity index (χ0n) is 23.1. The van der Waals surface area contributed by atoms with Gasteiger partial charge in [0.15, 0.2) is 0 Å². The van der Waals surface area contributed by atoms with Crippen molar-refractivity contribution in [3.8, 4) is 11.4 Å². The summed E-state index contributed by atoms with van der Waals surface area (Å²) in [5.41, 5.74) is 1.72. The number of hydrogen-bond donors (Lipinski definition) is 1. The Hall–Kier alpha value is -4.28. The number of carboxylic acids is 1. The molecular weight excluding hydrogens is 563 g/mol. The van der Waals surface area contributed by atoms with Crippen LogP contribution in [0.2, 0.25) is 5.02 Å². The Labute approximate surface area is 246 Å². The quantitative estimate of drug-likeness (QED) is 0.346. The average Bonchev–Trinajstić information content (AvgIpc) is 3.02. The maximum Gasteiger partial charge on any atom is 0.341 e. The third kappa shape index (κ3) is 5.01. The molecule has 0 amide bonds. The van der Waals surface area contributed by atoms with Gasteiger partial charge in [0.25, 0.3) is 0 Å². The first-order valence-electron chi connectivity index (χ1n) is 13.7. The minimum Gasteiger partial charge on any atom is -0.497 e. The molecule has 2 aliphatic rings. The minimum absolute atomic E-state index is 0.0636. The van der Waals surface area contributed by atoms with Crippen molar-refractivity contribution in [2.75, 3.05) is 74.3 Å². The molecule has 3 aromatic carbocycles. The number of carbonyl (C=O) groups is 1. The van der Waals surface area contributed by atoms with Crippen LogP contribution in [0, 0.1) is 5.82 Å². The lowest BCUT2D eigenvalue weighted by molar-refractivity contribution is 0.0695. The predicted molar refractivity (Wildman–Crippen MR) is 162 cm³/mol. The number of pyridine rings is 1. The van der Waals surface area contributed by atoms with E-state index in [-0.39, 0.29) is 21.6 Å². The number of carboxylic acid groups (broad SMARTS) is 1. The summed E-state index contributed by atoms with van der Waals surface area (Å²) in [6.45, 7) is 4.65. The maximum atomic E-state index is 15.8. The van der Waals surface area contributed by atoms with E-state index in [0.29, 0.717) is 58.2 Å². The second kappa shape index (κ2) is 11.5. The normalized spacial score (nSPS) is 15.7. The number of aromatic nitrogens is 1. The monoisotopic (exact) mass is 592 g/mol. The van der Waals surface area contributed by atoms with Crippen molar-refractivity contribution in [3.05, 3.63) is 87.4 Å². The van der Waals surface area contributed by atoms with Gasteiger partial charge in [0.05, 0.1) is 53.3 Å². The smallest absolute Gasteiger partial charge is 0.341 e. The molecule has 0 aliphatic carbocycles. The highest BCUT2D eigenvalue weighted by molar-refractivity contribution is 6.38.